The number of carbonyl (C=O) groups excluding carboxylic acids is 3. The summed E-state index contributed by atoms with van der Waals surface area (Å²) in [6.07, 6.45) is 12.0. The topological polar surface area (TPSA) is 109 Å². The van der Waals surface area contributed by atoms with Crippen LogP contribution >= 0.6 is 11.8 Å². The van der Waals surface area contributed by atoms with Crippen LogP contribution in [0.1, 0.15) is 57.8 Å². The lowest BCUT2D eigenvalue weighted by molar-refractivity contribution is -0.122. The largest absolute Gasteiger partial charge is 0.381 e. The lowest BCUT2D eigenvalue weighted by Crippen LogP contribution is -2.36. The molecule has 2 fully saturated rings. The molecule has 174 valence electrons. The van der Waals surface area contributed by atoms with Crippen LogP contribution in [0.2, 0.25) is 0 Å². The standard InChI is InChI=1S/C22H36N4O4S/c1-2-3-10-19(27)24-13-8-15-30-14-7-6-12-23-20(28)11-5-4-9-18-21-17(16-31-18)25-22(29)26-21/h1,17-18,21H,3-16H2,(H,23,28)(H,24,27)(H2,25,26,29)/t17-,18-,21-/m0/s1. The molecule has 0 aromatic rings. The summed E-state index contributed by atoms with van der Waals surface area (Å²) >= 11 is 1.91. The van der Waals surface area contributed by atoms with Gasteiger partial charge in [0.05, 0.1) is 12.1 Å². The lowest BCUT2D eigenvalue weighted by Gasteiger charge is -2.16. The molecule has 0 aliphatic carbocycles. The number of urea groups is 1. The van der Waals surface area contributed by atoms with Crippen LogP contribution < -0.4 is 21.3 Å². The van der Waals surface area contributed by atoms with Gasteiger partial charge in [-0.25, -0.2) is 4.79 Å². The van der Waals surface area contributed by atoms with Gasteiger partial charge in [-0.2, -0.15) is 11.8 Å². The van der Waals surface area contributed by atoms with Crippen molar-refractivity contribution in [3.63, 3.8) is 0 Å². The summed E-state index contributed by atoms with van der Waals surface area (Å²) in [6.45, 7) is 2.55. The van der Waals surface area contributed by atoms with Crippen LogP contribution in [-0.4, -0.2) is 67.2 Å². The molecule has 3 atom stereocenters. The Balaban J connectivity index is 1.33. The Morgan fingerprint density at radius 3 is 2.58 bits per heavy atom. The molecule has 0 radical (unpaired) electrons. The van der Waals surface area contributed by atoms with Crippen molar-refractivity contribution in [3.05, 3.63) is 0 Å². The van der Waals surface area contributed by atoms with Gasteiger partial charge in [-0.15, -0.1) is 12.3 Å². The van der Waals surface area contributed by atoms with Crippen molar-refractivity contribution < 1.29 is 19.1 Å². The zero-order chi connectivity index (χ0) is 22.3. The van der Waals surface area contributed by atoms with Gasteiger partial charge in [0.2, 0.25) is 11.8 Å². The first-order valence-electron chi connectivity index (χ1n) is 11.3. The fourth-order valence-electron chi connectivity index (χ4n) is 3.70. The highest BCUT2D eigenvalue weighted by Gasteiger charge is 2.42. The van der Waals surface area contributed by atoms with Crippen molar-refractivity contribution in [2.45, 2.75) is 75.1 Å². The van der Waals surface area contributed by atoms with E-state index in [2.05, 4.69) is 27.2 Å². The summed E-state index contributed by atoms with van der Waals surface area (Å²) in [7, 11) is 0. The van der Waals surface area contributed by atoms with Crippen LogP contribution in [0, 0.1) is 12.3 Å². The maximum absolute atomic E-state index is 11.9. The highest BCUT2D eigenvalue weighted by atomic mass is 32.2. The zero-order valence-electron chi connectivity index (χ0n) is 18.3. The first-order chi connectivity index (χ1) is 15.1. The number of terminal acetylenes is 1. The van der Waals surface area contributed by atoms with E-state index in [1.807, 2.05) is 11.8 Å². The van der Waals surface area contributed by atoms with Crippen LogP contribution in [0.3, 0.4) is 0 Å². The second-order valence-electron chi connectivity index (χ2n) is 7.94. The number of ether oxygens (including phenoxy) is 1. The molecule has 2 rings (SSSR count). The minimum Gasteiger partial charge on any atom is -0.381 e. The number of nitrogens with one attached hydrogen (secondary N) is 4. The summed E-state index contributed by atoms with van der Waals surface area (Å²) in [6, 6.07) is 0.455. The van der Waals surface area contributed by atoms with Crippen molar-refractivity contribution >= 4 is 29.6 Å². The third kappa shape index (κ3) is 10.3. The average molecular weight is 453 g/mol. The quantitative estimate of drug-likeness (QED) is 0.161. The van der Waals surface area contributed by atoms with Gasteiger partial charge in [-0.1, -0.05) is 6.42 Å². The lowest BCUT2D eigenvalue weighted by atomic mass is 10.0. The van der Waals surface area contributed by atoms with E-state index in [0.29, 0.717) is 50.8 Å². The van der Waals surface area contributed by atoms with E-state index in [4.69, 9.17) is 11.2 Å². The predicted molar refractivity (Wildman–Crippen MR) is 123 cm³/mol. The molecule has 2 heterocycles. The highest BCUT2D eigenvalue weighted by Crippen LogP contribution is 2.33. The minimum absolute atomic E-state index is 0.0145. The normalized spacial score (nSPS) is 21.6. The number of thioether (sulfide) groups is 1. The van der Waals surface area contributed by atoms with E-state index in [1.54, 1.807) is 0 Å². The highest BCUT2D eigenvalue weighted by molar-refractivity contribution is 8.00. The van der Waals surface area contributed by atoms with E-state index in [9.17, 15) is 14.4 Å². The second-order valence-corrected chi connectivity index (χ2v) is 9.22. The fourth-order valence-corrected chi connectivity index (χ4v) is 5.24. The summed E-state index contributed by atoms with van der Waals surface area (Å²) in [5, 5.41) is 12.2. The smallest absolute Gasteiger partial charge is 0.315 e. The van der Waals surface area contributed by atoms with Gasteiger partial charge in [0.1, 0.15) is 0 Å². The molecule has 0 saturated carbocycles. The Morgan fingerprint density at radius 2 is 1.77 bits per heavy atom. The fraction of sp³-hybridized carbons (Fsp3) is 0.773. The van der Waals surface area contributed by atoms with E-state index in [1.165, 1.54) is 0 Å². The Labute approximate surface area is 189 Å². The molecule has 2 aliphatic rings. The molecule has 0 bridgehead atoms. The first-order valence-corrected chi connectivity index (χ1v) is 12.4. The summed E-state index contributed by atoms with van der Waals surface area (Å²) < 4.78 is 5.54. The Morgan fingerprint density at radius 1 is 1.03 bits per heavy atom. The Kier molecular flexibility index (Phi) is 12.2. The van der Waals surface area contributed by atoms with Gasteiger partial charge in [0.15, 0.2) is 0 Å². The van der Waals surface area contributed by atoms with Gasteiger partial charge < -0.3 is 26.0 Å². The molecule has 4 N–H and O–H groups in total. The molecule has 0 aromatic heterocycles. The number of amides is 4. The minimum atomic E-state index is -0.0504. The van der Waals surface area contributed by atoms with Crippen molar-refractivity contribution in [2.24, 2.45) is 0 Å². The maximum atomic E-state index is 11.9. The van der Waals surface area contributed by atoms with Crippen LogP contribution in [-0.2, 0) is 14.3 Å². The summed E-state index contributed by atoms with van der Waals surface area (Å²) in [4.78, 5) is 34.7. The van der Waals surface area contributed by atoms with Crippen LogP contribution in [0.25, 0.3) is 0 Å². The molecular weight excluding hydrogens is 416 g/mol. The molecule has 8 nitrogen and oxygen atoms in total. The number of rotatable bonds is 16. The van der Waals surface area contributed by atoms with E-state index in [-0.39, 0.29) is 29.9 Å². The molecule has 2 saturated heterocycles. The van der Waals surface area contributed by atoms with Gasteiger partial charge in [-0.05, 0) is 32.1 Å². The van der Waals surface area contributed by atoms with Crippen LogP contribution in [0.15, 0.2) is 0 Å². The number of hydrogen-bond donors (Lipinski definition) is 4. The average Bonchev–Trinajstić information content (AvgIpc) is 3.30. The van der Waals surface area contributed by atoms with Gasteiger partial charge in [0, 0.05) is 56.6 Å². The van der Waals surface area contributed by atoms with Crippen molar-refractivity contribution in [1.82, 2.24) is 21.3 Å². The zero-order valence-corrected chi connectivity index (χ0v) is 19.1. The summed E-state index contributed by atoms with van der Waals surface area (Å²) in [5.74, 6) is 3.51. The number of fused-ring (bicyclic) bond motifs is 1. The number of unbranched alkanes of at least 4 members (excludes halogenated alkanes) is 2. The molecule has 0 unspecified atom stereocenters. The van der Waals surface area contributed by atoms with Crippen molar-refractivity contribution in [1.29, 1.82) is 0 Å². The SMILES string of the molecule is C#CCCC(=O)NCCCOCCCCNC(=O)CCCC[C@@H]1SC[C@@H]2NC(=O)N[C@@H]21. The van der Waals surface area contributed by atoms with Crippen LogP contribution in [0.4, 0.5) is 4.79 Å². The maximum Gasteiger partial charge on any atom is 0.315 e. The van der Waals surface area contributed by atoms with Crippen molar-refractivity contribution in [3.8, 4) is 12.3 Å². The molecule has 31 heavy (non-hydrogen) atoms. The predicted octanol–water partition coefficient (Wildman–Crippen LogP) is 1.54. The van der Waals surface area contributed by atoms with Crippen molar-refractivity contribution in [2.75, 3.05) is 32.1 Å². The third-order valence-corrected chi connectivity index (χ3v) is 6.91. The van der Waals surface area contributed by atoms with E-state index >= 15 is 0 Å². The molecule has 9 heteroatoms. The second kappa shape index (κ2) is 15.0. The molecule has 4 amide bonds. The third-order valence-electron chi connectivity index (χ3n) is 5.40. The Hall–Kier alpha value is -1.92. The van der Waals surface area contributed by atoms with Gasteiger partial charge in [0.25, 0.3) is 0 Å². The van der Waals surface area contributed by atoms with E-state index in [0.717, 1.165) is 44.3 Å². The molecule has 0 aromatic carbocycles. The first kappa shape index (κ1) is 25.3. The van der Waals surface area contributed by atoms with E-state index < -0.39 is 0 Å². The number of carbonyl (C=O) groups is 3. The van der Waals surface area contributed by atoms with Gasteiger partial charge in [-0.3, -0.25) is 9.59 Å². The van der Waals surface area contributed by atoms with Crippen LogP contribution in [0.5, 0.6) is 0 Å². The monoisotopic (exact) mass is 452 g/mol. The van der Waals surface area contributed by atoms with Gasteiger partial charge >= 0.3 is 6.03 Å². The molecule has 2 aliphatic heterocycles. The summed E-state index contributed by atoms with van der Waals surface area (Å²) in [5.41, 5.74) is 0. The molecule has 0 spiro atoms. The molecular formula is C22H36N4O4S. The Bertz CT molecular complexity index is 625. The number of hydrogen-bond acceptors (Lipinski definition) is 5.